The summed E-state index contributed by atoms with van der Waals surface area (Å²) in [4.78, 5) is 38.9. The number of H-pyrrole nitrogens is 1. The Balaban J connectivity index is 1.63. The summed E-state index contributed by atoms with van der Waals surface area (Å²) in [5, 5.41) is 21.5. The minimum Gasteiger partial charge on any atom is -0.505 e. The van der Waals surface area contributed by atoms with E-state index in [9.17, 15) is 14.7 Å². The first-order valence-corrected chi connectivity index (χ1v) is 8.41. The molecule has 0 saturated carbocycles. The third kappa shape index (κ3) is 4.56. The van der Waals surface area contributed by atoms with Crippen molar-refractivity contribution in [1.82, 2.24) is 25.3 Å². The van der Waals surface area contributed by atoms with Crippen molar-refractivity contribution in [2.24, 2.45) is 0 Å². The van der Waals surface area contributed by atoms with Crippen LogP contribution in [0.5, 0.6) is 5.75 Å². The summed E-state index contributed by atoms with van der Waals surface area (Å²) in [6.45, 7) is 0.405. The van der Waals surface area contributed by atoms with Gasteiger partial charge in [0.15, 0.2) is 5.82 Å². The third-order valence-corrected chi connectivity index (χ3v) is 3.87. The van der Waals surface area contributed by atoms with Gasteiger partial charge < -0.3 is 15.4 Å². The monoisotopic (exact) mass is 376 g/mol. The van der Waals surface area contributed by atoms with Gasteiger partial charge in [-0.25, -0.2) is 9.97 Å². The average Bonchev–Trinajstić information content (AvgIpc) is 2.70. The molecule has 0 aliphatic heterocycles. The molecule has 0 aliphatic carbocycles. The first-order chi connectivity index (χ1) is 13.6. The van der Waals surface area contributed by atoms with Gasteiger partial charge in [-0.05, 0) is 12.1 Å². The molecule has 0 aliphatic rings. The lowest BCUT2D eigenvalue weighted by Crippen LogP contribution is -2.30. The smallest absolute Gasteiger partial charge is 0.254 e. The van der Waals surface area contributed by atoms with Gasteiger partial charge in [-0.1, -0.05) is 6.07 Å². The second kappa shape index (κ2) is 8.55. The van der Waals surface area contributed by atoms with Gasteiger partial charge in [0.1, 0.15) is 17.5 Å². The number of carbonyl (C=O) groups excluding carboxylic acids is 1. The Bertz CT molecular complexity index is 1090. The van der Waals surface area contributed by atoms with Crippen molar-refractivity contribution < 1.29 is 9.90 Å². The van der Waals surface area contributed by atoms with E-state index in [1.54, 1.807) is 6.20 Å². The highest BCUT2D eigenvalue weighted by Crippen LogP contribution is 2.23. The number of nitriles is 1. The predicted octanol–water partition coefficient (Wildman–Crippen LogP) is 0.706. The quantitative estimate of drug-likeness (QED) is 0.574. The van der Waals surface area contributed by atoms with Crippen molar-refractivity contribution in [3.63, 3.8) is 0 Å². The minimum atomic E-state index is -0.504. The third-order valence-electron chi connectivity index (χ3n) is 3.87. The molecule has 0 fully saturated rings. The maximum absolute atomic E-state index is 12.2. The van der Waals surface area contributed by atoms with Gasteiger partial charge in [0.05, 0.1) is 12.0 Å². The fraction of sp³-hybridized carbons (Fsp3) is 0.158. The van der Waals surface area contributed by atoms with Crippen molar-refractivity contribution in [2.45, 2.75) is 12.8 Å². The van der Waals surface area contributed by atoms with Gasteiger partial charge >= 0.3 is 0 Å². The Morgan fingerprint density at radius 2 is 2.11 bits per heavy atom. The normalized spacial score (nSPS) is 10.2. The summed E-state index contributed by atoms with van der Waals surface area (Å²) in [5.41, 5.74) is 0.772. The SMILES string of the molecule is N#Cc1cnc(-c2ncc(CC(=O)NCCc3ccccn3)c(=O)[nH]2)c(O)c1. The van der Waals surface area contributed by atoms with Crippen LogP contribution < -0.4 is 10.9 Å². The molecule has 9 heteroatoms. The standard InChI is InChI=1S/C19H16N6O3/c20-9-12-7-15(26)17(23-10-12)18-24-11-13(19(28)25-18)8-16(27)22-6-4-14-3-1-2-5-21-14/h1-3,5,7,10-11,26H,4,6,8H2,(H,22,27)(H,24,25,28). The van der Waals surface area contributed by atoms with Gasteiger partial charge in [0.2, 0.25) is 5.91 Å². The molecule has 140 valence electrons. The Morgan fingerprint density at radius 3 is 2.79 bits per heavy atom. The molecule has 9 nitrogen and oxygen atoms in total. The van der Waals surface area contributed by atoms with Crippen LogP contribution in [0.1, 0.15) is 16.8 Å². The molecule has 0 aromatic carbocycles. The number of amides is 1. The fourth-order valence-corrected chi connectivity index (χ4v) is 2.48. The molecular formula is C19H16N6O3. The number of nitrogens with zero attached hydrogens (tertiary/aromatic N) is 4. The lowest BCUT2D eigenvalue weighted by Gasteiger charge is -2.06. The lowest BCUT2D eigenvalue weighted by atomic mass is 10.2. The van der Waals surface area contributed by atoms with Crippen LogP contribution in [0.3, 0.4) is 0 Å². The van der Waals surface area contributed by atoms with Crippen molar-refractivity contribution in [3.8, 4) is 23.3 Å². The molecule has 3 heterocycles. The molecule has 0 unspecified atom stereocenters. The minimum absolute atomic E-state index is 0.0439. The maximum atomic E-state index is 12.2. The van der Waals surface area contributed by atoms with Gasteiger partial charge in [-0.3, -0.25) is 14.6 Å². The number of hydrogen-bond acceptors (Lipinski definition) is 7. The van der Waals surface area contributed by atoms with Crippen LogP contribution in [0.25, 0.3) is 11.5 Å². The molecule has 1 amide bonds. The number of pyridine rings is 2. The summed E-state index contributed by atoms with van der Waals surface area (Å²) in [5.74, 6) is -0.538. The highest BCUT2D eigenvalue weighted by Gasteiger charge is 2.13. The van der Waals surface area contributed by atoms with E-state index >= 15 is 0 Å². The summed E-state index contributed by atoms with van der Waals surface area (Å²) in [6, 6.07) is 8.64. The molecule has 0 saturated heterocycles. The van der Waals surface area contributed by atoms with Gasteiger partial charge in [-0.2, -0.15) is 5.26 Å². The molecule has 3 rings (SSSR count). The summed E-state index contributed by atoms with van der Waals surface area (Å²) in [7, 11) is 0. The predicted molar refractivity (Wildman–Crippen MR) is 99.1 cm³/mol. The zero-order valence-corrected chi connectivity index (χ0v) is 14.7. The molecule has 0 bridgehead atoms. The van der Waals surface area contributed by atoms with Crippen LogP contribution in [0.2, 0.25) is 0 Å². The number of aromatic hydroxyl groups is 1. The Hall–Kier alpha value is -4.06. The van der Waals surface area contributed by atoms with Crippen LogP contribution in [0.4, 0.5) is 0 Å². The van der Waals surface area contributed by atoms with E-state index in [0.29, 0.717) is 13.0 Å². The van der Waals surface area contributed by atoms with Crippen molar-refractivity contribution in [3.05, 3.63) is 70.0 Å². The molecule has 0 atom stereocenters. The second-order valence-electron chi connectivity index (χ2n) is 5.89. The number of hydrogen-bond donors (Lipinski definition) is 3. The van der Waals surface area contributed by atoms with Gasteiger partial charge in [0.25, 0.3) is 5.56 Å². The molecule has 0 spiro atoms. The largest absolute Gasteiger partial charge is 0.505 e. The highest BCUT2D eigenvalue weighted by atomic mass is 16.3. The maximum Gasteiger partial charge on any atom is 0.254 e. The topological polar surface area (TPSA) is 145 Å². The van der Waals surface area contributed by atoms with E-state index < -0.39 is 5.56 Å². The van der Waals surface area contributed by atoms with Gasteiger partial charge in [-0.15, -0.1) is 0 Å². The molecular weight excluding hydrogens is 360 g/mol. The van der Waals surface area contributed by atoms with Crippen molar-refractivity contribution in [1.29, 1.82) is 5.26 Å². The Morgan fingerprint density at radius 1 is 1.25 bits per heavy atom. The van der Waals surface area contributed by atoms with Crippen molar-refractivity contribution >= 4 is 5.91 Å². The van der Waals surface area contributed by atoms with E-state index in [-0.39, 0.29) is 40.7 Å². The molecule has 3 aromatic heterocycles. The zero-order valence-electron chi connectivity index (χ0n) is 14.7. The van der Waals surface area contributed by atoms with Crippen LogP contribution >= 0.6 is 0 Å². The van der Waals surface area contributed by atoms with Crippen LogP contribution in [0, 0.1) is 11.3 Å². The number of nitrogens with one attached hydrogen (secondary N) is 2. The Kier molecular flexibility index (Phi) is 5.72. The number of carbonyl (C=O) groups is 1. The van der Waals surface area contributed by atoms with E-state index in [4.69, 9.17) is 5.26 Å². The summed E-state index contributed by atoms with van der Waals surface area (Å²) >= 11 is 0. The molecule has 0 radical (unpaired) electrons. The molecule has 28 heavy (non-hydrogen) atoms. The van der Waals surface area contributed by atoms with Crippen molar-refractivity contribution in [2.75, 3.05) is 6.54 Å². The van der Waals surface area contributed by atoms with E-state index in [1.165, 1.54) is 18.5 Å². The van der Waals surface area contributed by atoms with Gasteiger partial charge in [0, 0.05) is 48.9 Å². The van der Waals surface area contributed by atoms with E-state index in [0.717, 1.165) is 5.69 Å². The number of rotatable bonds is 6. The van der Waals surface area contributed by atoms with Crippen LogP contribution in [-0.4, -0.2) is 37.5 Å². The lowest BCUT2D eigenvalue weighted by molar-refractivity contribution is -0.120. The Labute approximate surface area is 159 Å². The first-order valence-electron chi connectivity index (χ1n) is 8.41. The molecule has 3 aromatic rings. The average molecular weight is 376 g/mol. The summed E-state index contributed by atoms with van der Waals surface area (Å²) < 4.78 is 0. The molecule has 3 N–H and O–H groups in total. The number of aromatic nitrogens is 4. The van der Waals surface area contributed by atoms with Crippen LogP contribution in [-0.2, 0) is 17.6 Å². The van der Waals surface area contributed by atoms with E-state index in [1.807, 2.05) is 24.3 Å². The first kappa shape index (κ1) is 18.7. The number of aromatic amines is 1. The van der Waals surface area contributed by atoms with E-state index in [2.05, 4.69) is 25.3 Å². The highest BCUT2D eigenvalue weighted by molar-refractivity contribution is 5.78. The summed E-state index contributed by atoms with van der Waals surface area (Å²) in [6.07, 6.45) is 4.68. The zero-order chi connectivity index (χ0) is 19.9. The second-order valence-corrected chi connectivity index (χ2v) is 5.89. The van der Waals surface area contributed by atoms with Crippen LogP contribution in [0.15, 0.2) is 47.7 Å². The fourth-order valence-electron chi connectivity index (χ4n) is 2.48.